The van der Waals surface area contributed by atoms with Gasteiger partial charge in [-0.25, -0.2) is 4.39 Å². The second kappa shape index (κ2) is 8.30. The molecule has 3 aromatic rings. The van der Waals surface area contributed by atoms with E-state index in [9.17, 15) is 19.1 Å². The largest absolute Gasteiger partial charge is 0.507 e. The number of Topliss-reactive ketones (excluding diaryl/α,β-unsaturated/α-hetero) is 1. The van der Waals surface area contributed by atoms with Crippen LogP contribution in [0.15, 0.2) is 64.7 Å². The minimum Gasteiger partial charge on any atom is -0.507 e. The molecule has 7 nitrogen and oxygen atoms in total. The Hall–Kier alpha value is -3.94. The fourth-order valence-corrected chi connectivity index (χ4v) is 3.65. The van der Waals surface area contributed by atoms with Crippen molar-refractivity contribution in [2.24, 2.45) is 0 Å². The molecule has 0 radical (unpaired) electrons. The fourth-order valence-electron chi connectivity index (χ4n) is 3.65. The number of nitrogens with zero attached hydrogens (tertiary/aromatic N) is 2. The molecule has 1 N–H and O–H groups in total. The van der Waals surface area contributed by atoms with Gasteiger partial charge in [-0.3, -0.25) is 14.5 Å². The number of halogens is 1. The lowest BCUT2D eigenvalue weighted by atomic mass is 9.95. The number of aliphatic hydroxyl groups excluding tert-OH is 1. The zero-order chi connectivity index (χ0) is 23.0. The van der Waals surface area contributed by atoms with Crippen LogP contribution in [0.25, 0.3) is 5.76 Å². The number of benzene rings is 2. The van der Waals surface area contributed by atoms with Crippen LogP contribution in [0.2, 0.25) is 0 Å². The summed E-state index contributed by atoms with van der Waals surface area (Å²) in [5.74, 6) is -1.88. The van der Waals surface area contributed by atoms with Gasteiger partial charge in [0.15, 0.2) is 5.82 Å². The highest BCUT2D eigenvalue weighted by Crippen LogP contribution is 2.42. The topological polar surface area (TPSA) is 92.9 Å². The number of anilines is 1. The summed E-state index contributed by atoms with van der Waals surface area (Å²) in [4.78, 5) is 27.0. The number of amides is 1. The molecular weight excluding hydrogens is 415 g/mol. The van der Waals surface area contributed by atoms with Gasteiger partial charge in [0.1, 0.15) is 23.1 Å². The molecule has 32 heavy (non-hydrogen) atoms. The van der Waals surface area contributed by atoms with Crippen molar-refractivity contribution in [1.29, 1.82) is 0 Å². The van der Waals surface area contributed by atoms with Crippen LogP contribution in [0.3, 0.4) is 0 Å². The van der Waals surface area contributed by atoms with Crippen molar-refractivity contribution in [1.82, 2.24) is 5.16 Å². The molecule has 164 valence electrons. The Morgan fingerprint density at radius 1 is 1.16 bits per heavy atom. The van der Waals surface area contributed by atoms with E-state index in [4.69, 9.17) is 9.26 Å². The smallest absolute Gasteiger partial charge is 0.301 e. The maximum absolute atomic E-state index is 14.8. The number of aryl methyl sites for hydroxylation is 1. The molecule has 1 aliphatic heterocycles. The number of hydrogen-bond donors (Lipinski definition) is 1. The van der Waals surface area contributed by atoms with E-state index < -0.39 is 29.3 Å². The van der Waals surface area contributed by atoms with Crippen LogP contribution in [0.4, 0.5) is 10.2 Å². The molecular formula is C24H21FN2O5. The predicted octanol–water partition coefficient (Wildman–Crippen LogP) is 4.54. The number of aliphatic hydroxyl groups is 1. The lowest BCUT2D eigenvalue weighted by molar-refractivity contribution is -0.132. The first-order valence-corrected chi connectivity index (χ1v) is 10.0. The Balaban J connectivity index is 1.87. The number of ether oxygens (including phenoxy) is 1. The summed E-state index contributed by atoms with van der Waals surface area (Å²) in [7, 11) is 0. The maximum Gasteiger partial charge on any atom is 0.301 e. The van der Waals surface area contributed by atoms with Crippen LogP contribution >= 0.6 is 0 Å². The summed E-state index contributed by atoms with van der Waals surface area (Å²) < 4.78 is 25.4. The third-order valence-corrected chi connectivity index (χ3v) is 5.01. The first kappa shape index (κ1) is 21.3. The zero-order valence-corrected chi connectivity index (χ0v) is 17.7. The minimum absolute atomic E-state index is 0.0354. The normalized spacial score (nSPS) is 17.9. The quantitative estimate of drug-likeness (QED) is 0.359. The summed E-state index contributed by atoms with van der Waals surface area (Å²) in [6, 6.07) is 12.4. The second-order valence-corrected chi connectivity index (χ2v) is 7.68. The van der Waals surface area contributed by atoms with Gasteiger partial charge < -0.3 is 14.4 Å². The van der Waals surface area contributed by atoms with Crippen molar-refractivity contribution in [3.05, 3.63) is 82.9 Å². The molecule has 0 aliphatic carbocycles. The summed E-state index contributed by atoms with van der Waals surface area (Å²) in [6.45, 7) is 5.40. The Bertz CT molecular complexity index is 1210. The van der Waals surface area contributed by atoms with E-state index in [0.717, 1.165) is 4.90 Å². The average Bonchev–Trinajstić information content (AvgIpc) is 3.29. The van der Waals surface area contributed by atoms with Crippen molar-refractivity contribution in [2.45, 2.75) is 32.9 Å². The van der Waals surface area contributed by atoms with E-state index >= 15 is 0 Å². The zero-order valence-electron chi connectivity index (χ0n) is 17.7. The molecule has 1 aromatic heterocycles. The Morgan fingerprint density at radius 3 is 2.44 bits per heavy atom. The van der Waals surface area contributed by atoms with Gasteiger partial charge in [0, 0.05) is 17.2 Å². The van der Waals surface area contributed by atoms with Crippen LogP contribution in [0, 0.1) is 12.7 Å². The third-order valence-electron chi connectivity index (χ3n) is 5.01. The van der Waals surface area contributed by atoms with Crippen LogP contribution in [0.5, 0.6) is 5.75 Å². The fraction of sp³-hybridized carbons (Fsp3) is 0.208. The number of hydrogen-bond acceptors (Lipinski definition) is 6. The standard InChI is InChI=1S/C24H21FN2O5/c1-13(2)31-16-10-8-15(9-11-16)22(28)20-21(17-6-4-5-7-18(17)25)27(24(30)23(20)29)19-12-14(3)32-26-19/h4-13,21,28H,1-3H3. The summed E-state index contributed by atoms with van der Waals surface area (Å²) >= 11 is 0. The van der Waals surface area contributed by atoms with Crippen LogP contribution < -0.4 is 9.64 Å². The Labute approximate surface area is 183 Å². The monoisotopic (exact) mass is 436 g/mol. The molecule has 1 amide bonds. The molecule has 2 heterocycles. The molecule has 0 saturated carbocycles. The molecule has 1 aliphatic rings. The number of aromatic nitrogens is 1. The van der Waals surface area contributed by atoms with Crippen molar-refractivity contribution in [2.75, 3.05) is 4.90 Å². The van der Waals surface area contributed by atoms with Gasteiger partial charge in [-0.2, -0.15) is 0 Å². The van der Waals surface area contributed by atoms with Gasteiger partial charge in [-0.1, -0.05) is 23.4 Å². The van der Waals surface area contributed by atoms with E-state index in [0.29, 0.717) is 11.5 Å². The predicted molar refractivity (Wildman–Crippen MR) is 115 cm³/mol. The molecule has 1 atom stereocenters. The van der Waals surface area contributed by atoms with Crippen molar-refractivity contribution < 1.29 is 28.3 Å². The van der Waals surface area contributed by atoms with Crippen LogP contribution in [-0.2, 0) is 9.59 Å². The van der Waals surface area contributed by atoms with E-state index in [2.05, 4.69) is 5.16 Å². The summed E-state index contributed by atoms with van der Waals surface area (Å²) in [5.41, 5.74) is 0.101. The lowest BCUT2D eigenvalue weighted by Crippen LogP contribution is -2.30. The molecule has 4 rings (SSSR count). The van der Waals surface area contributed by atoms with Gasteiger partial charge in [0.05, 0.1) is 17.7 Å². The number of rotatable bonds is 5. The Morgan fingerprint density at radius 2 is 1.84 bits per heavy atom. The van der Waals surface area contributed by atoms with E-state index in [1.165, 1.54) is 24.3 Å². The highest BCUT2D eigenvalue weighted by molar-refractivity contribution is 6.51. The highest BCUT2D eigenvalue weighted by Gasteiger charge is 2.48. The molecule has 1 unspecified atom stereocenters. The van der Waals surface area contributed by atoms with Gasteiger partial charge in [0.25, 0.3) is 5.78 Å². The molecule has 1 fully saturated rings. The Kier molecular flexibility index (Phi) is 5.52. The van der Waals surface area contributed by atoms with Gasteiger partial charge in [0.2, 0.25) is 0 Å². The molecule has 0 spiro atoms. The van der Waals surface area contributed by atoms with Gasteiger partial charge in [-0.05, 0) is 51.1 Å². The van der Waals surface area contributed by atoms with E-state index in [1.54, 1.807) is 37.3 Å². The van der Waals surface area contributed by atoms with Gasteiger partial charge >= 0.3 is 5.91 Å². The lowest BCUT2D eigenvalue weighted by Gasteiger charge is -2.23. The maximum atomic E-state index is 14.8. The molecule has 1 saturated heterocycles. The van der Waals surface area contributed by atoms with E-state index in [1.807, 2.05) is 13.8 Å². The highest BCUT2D eigenvalue weighted by atomic mass is 19.1. The van der Waals surface area contributed by atoms with Crippen LogP contribution in [-0.4, -0.2) is 28.1 Å². The molecule has 8 heteroatoms. The number of carbonyl (C=O) groups excluding carboxylic acids is 2. The SMILES string of the molecule is Cc1cc(N2C(=O)C(=O)C(=C(O)c3ccc(OC(C)C)cc3)C2c2ccccc2F)no1. The first-order valence-electron chi connectivity index (χ1n) is 10.0. The summed E-state index contributed by atoms with van der Waals surface area (Å²) in [5, 5.41) is 14.9. The van der Waals surface area contributed by atoms with Crippen molar-refractivity contribution in [3.63, 3.8) is 0 Å². The second-order valence-electron chi connectivity index (χ2n) is 7.68. The summed E-state index contributed by atoms with van der Waals surface area (Å²) in [6.07, 6.45) is -0.0354. The third kappa shape index (κ3) is 3.75. The minimum atomic E-state index is -1.22. The first-order chi connectivity index (χ1) is 15.3. The number of ketones is 1. The van der Waals surface area contributed by atoms with Gasteiger partial charge in [-0.15, -0.1) is 0 Å². The van der Waals surface area contributed by atoms with Crippen molar-refractivity contribution in [3.8, 4) is 5.75 Å². The van der Waals surface area contributed by atoms with E-state index in [-0.39, 0.29) is 28.6 Å². The van der Waals surface area contributed by atoms with Crippen LogP contribution in [0.1, 0.15) is 36.8 Å². The number of carbonyl (C=O) groups is 2. The van der Waals surface area contributed by atoms with Crippen molar-refractivity contribution >= 4 is 23.3 Å². The molecule has 2 aromatic carbocycles. The average molecular weight is 436 g/mol. The molecule has 0 bridgehead atoms.